The average Bonchev–Trinajstić information content (AvgIpc) is 2.72. The highest BCUT2D eigenvalue weighted by molar-refractivity contribution is 7.15. The number of aromatic nitrogens is 2. The van der Waals surface area contributed by atoms with Crippen LogP contribution in [0.3, 0.4) is 0 Å². The number of carbonyl (C=O) groups excluding carboxylic acids is 1. The van der Waals surface area contributed by atoms with Crippen molar-refractivity contribution in [1.29, 1.82) is 0 Å². The number of nitrogens with one attached hydrogen (secondary N) is 1. The molecule has 1 unspecified atom stereocenters. The Balaban J connectivity index is 1.90. The van der Waals surface area contributed by atoms with Gasteiger partial charge in [-0.15, -0.1) is 11.3 Å². The largest absolute Gasteiger partial charge is 0.350 e. The highest BCUT2D eigenvalue weighted by atomic mass is 32.1. The van der Waals surface area contributed by atoms with E-state index in [-0.39, 0.29) is 11.9 Å². The summed E-state index contributed by atoms with van der Waals surface area (Å²) in [7, 11) is 0. The van der Waals surface area contributed by atoms with E-state index in [0.29, 0.717) is 13.0 Å². The minimum Gasteiger partial charge on any atom is -0.350 e. The number of nitrogens with zero attached hydrogens (tertiary/aromatic N) is 2. The van der Waals surface area contributed by atoms with Crippen LogP contribution in [0, 0.1) is 0 Å². The summed E-state index contributed by atoms with van der Waals surface area (Å²) in [5.41, 5.74) is 6.39. The van der Waals surface area contributed by atoms with Crippen LogP contribution in [-0.2, 0) is 11.3 Å². The van der Waals surface area contributed by atoms with Crippen molar-refractivity contribution in [2.24, 2.45) is 5.73 Å². The number of thiazole rings is 1. The van der Waals surface area contributed by atoms with Gasteiger partial charge >= 0.3 is 0 Å². The van der Waals surface area contributed by atoms with Crippen molar-refractivity contribution in [3.8, 4) is 0 Å². The molecule has 0 aliphatic carbocycles. The fourth-order valence-corrected chi connectivity index (χ4v) is 2.13. The maximum Gasteiger partial charge on any atom is 0.221 e. The molecule has 2 aromatic rings. The SMILES string of the molecule is CC(N)CC(=O)NCc1cn2ccsc2n1. The molecular formula is C10H14N4OS. The van der Waals surface area contributed by atoms with Gasteiger partial charge in [0.15, 0.2) is 4.96 Å². The molecule has 0 spiro atoms. The van der Waals surface area contributed by atoms with Crippen LogP contribution in [0.25, 0.3) is 4.96 Å². The third kappa shape index (κ3) is 2.59. The first-order chi connectivity index (χ1) is 7.65. The van der Waals surface area contributed by atoms with Crippen molar-refractivity contribution >= 4 is 22.2 Å². The normalized spacial score (nSPS) is 12.9. The van der Waals surface area contributed by atoms with Crippen molar-refractivity contribution in [3.63, 3.8) is 0 Å². The Bertz CT molecular complexity index is 459. The smallest absolute Gasteiger partial charge is 0.221 e. The van der Waals surface area contributed by atoms with Gasteiger partial charge in [0, 0.05) is 30.2 Å². The molecule has 1 atom stereocenters. The Morgan fingerprint density at radius 1 is 1.75 bits per heavy atom. The highest BCUT2D eigenvalue weighted by Gasteiger charge is 2.06. The summed E-state index contributed by atoms with van der Waals surface area (Å²) in [5.74, 6) is -0.0358. The number of fused-ring (bicyclic) bond motifs is 1. The molecule has 0 aromatic carbocycles. The Hall–Kier alpha value is -1.40. The number of amides is 1. The van der Waals surface area contributed by atoms with Gasteiger partial charge < -0.3 is 11.1 Å². The summed E-state index contributed by atoms with van der Waals surface area (Å²) in [5, 5.41) is 4.76. The van der Waals surface area contributed by atoms with Gasteiger partial charge in [-0.1, -0.05) is 0 Å². The fraction of sp³-hybridized carbons (Fsp3) is 0.400. The summed E-state index contributed by atoms with van der Waals surface area (Å²) >= 11 is 1.57. The van der Waals surface area contributed by atoms with E-state index >= 15 is 0 Å². The zero-order valence-corrected chi connectivity index (χ0v) is 9.83. The van der Waals surface area contributed by atoms with E-state index in [1.807, 2.05) is 29.1 Å². The van der Waals surface area contributed by atoms with E-state index < -0.39 is 0 Å². The van der Waals surface area contributed by atoms with Crippen LogP contribution in [0.1, 0.15) is 19.0 Å². The van der Waals surface area contributed by atoms with Gasteiger partial charge in [-0.25, -0.2) is 4.98 Å². The van der Waals surface area contributed by atoms with Gasteiger partial charge in [0.25, 0.3) is 0 Å². The number of hydrogen-bond donors (Lipinski definition) is 2. The van der Waals surface area contributed by atoms with Crippen molar-refractivity contribution in [3.05, 3.63) is 23.5 Å². The highest BCUT2D eigenvalue weighted by Crippen LogP contribution is 2.10. The molecule has 2 heterocycles. The topological polar surface area (TPSA) is 72.4 Å². The van der Waals surface area contributed by atoms with Gasteiger partial charge in [0.2, 0.25) is 5.91 Å². The predicted octanol–water partition coefficient (Wildman–Crippen LogP) is 0.749. The van der Waals surface area contributed by atoms with Crippen molar-refractivity contribution in [2.75, 3.05) is 0 Å². The van der Waals surface area contributed by atoms with Crippen LogP contribution >= 0.6 is 11.3 Å². The first-order valence-corrected chi connectivity index (χ1v) is 5.96. The summed E-state index contributed by atoms with van der Waals surface area (Å²) in [6.07, 6.45) is 4.21. The molecule has 16 heavy (non-hydrogen) atoms. The van der Waals surface area contributed by atoms with E-state index in [1.54, 1.807) is 11.3 Å². The van der Waals surface area contributed by atoms with Gasteiger partial charge in [-0.05, 0) is 6.92 Å². The number of hydrogen-bond acceptors (Lipinski definition) is 4. The molecule has 6 heteroatoms. The molecule has 2 rings (SSSR count). The van der Waals surface area contributed by atoms with Gasteiger partial charge in [-0.3, -0.25) is 9.20 Å². The Labute approximate surface area is 97.3 Å². The summed E-state index contributed by atoms with van der Waals surface area (Å²) < 4.78 is 1.94. The summed E-state index contributed by atoms with van der Waals surface area (Å²) in [6.45, 7) is 2.27. The molecule has 1 amide bonds. The Kier molecular flexibility index (Phi) is 3.21. The molecule has 0 aliphatic heterocycles. The second kappa shape index (κ2) is 4.63. The van der Waals surface area contributed by atoms with Crippen molar-refractivity contribution in [2.45, 2.75) is 25.9 Å². The zero-order valence-electron chi connectivity index (χ0n) is 9.01. The van der Waals surface area contributed by atoms with Crippen molar-refractivity contribution < 1.29 is 4.79 Å². The fourth-order valence-electron chi connectivity index (χ4n) is 1.41. The maximum absolute atomic E-state index is 11.4. The van der Waals surface area contributed by atoms with Crippen LogP contribution < -0.4 is 11.1 Å². The van der Waals surface area contributed by atoms with E-state index in [4.69, 9.17) is 5.73 Å². The van der Waals surface area contributed by atoms with Gasteiger partial charge in [-0.2, -0.15) is 0 Å². The molecule has 2 aromatic heterocycles. The molecule has 3 N–H and O–H groups in total. The minimum absolute atomic E-state index is 0.0358. The van der Waals surface area contributed by atoms with Crippen LogP contribution in [0.2, 0.25) is 0 Å². The Morgan fingerprint density at radius 2 is 2.56 bits per heavy atom. The van der Waals surface area contributed by atoms with E-state index in [0.717, 1.165) is 10.7 Å². The summed E-state index contributed by atoms with van der Waals surface area (Å²) in [4.78, 5) is 16.7. The molecule has 0 bridgehead atoms. The lowest BCUT2D eigenvalue weighted by Gasteiger charge is -2.05. The third-order valence-electron chi connectivity index (χ3n) is 2.12. The second-order valence-electron chi connectivity index (χ2n) is 3.78. The maximum atomic E-state index is 11.4. The van der Waals surface area contributed by atoms with Crippen LogP contribution in [-0.4, -0.2) is 21.3 Å². The first kappa shape index (κ1) is 11.1. The zero-order chi connectivity index (χ0) is 11.5. The lowest BCUT2D eigenvalue weighted by atomic mass is 10.2. The van der Waals surface area contributed by atoms with E-state index in [9.17, 15) is 4.79 Å². The molecule has 0 fully saturated rings. The molecule has 0 aliphatic rings. The molecule has 0 saturated carbocycles. The van der Waals surface area contributed by atoms with E-state index in [1.165, 1.54) is 0 Å². The number of carbonyl (C=O) groups is 1. The molecule has 86 valence electrons. The Morgan fingerprint density at radius 3 is 3.25 bits per heavy atom. The molecule has 0 radical (unpaired) electrons. The van der Waals surface area contributed by atoms with E-state index in [2.05, 4.69) is 10.3 Å². The van der Waals surface area contributed by atoms with Crippen molar-refractivity contribution in [1.82, 2.24) is 14.7 Å². The van der Waals surface area contributed by atoms with Gasteiger partial charge in [0.1, 0.15) is 0 Å². The lowest BCUT2D eigenvalue weighted by molar-refractivity contribution is -0.121. The molecule has 5 nitrogen and oxygen atoms in total. The van der Waals surface area contributed by atoms with Gasteiger partial charge in [0.05, 0.1) is 12.2 Å². The monoisotopic (exact) mass is 238 g/mol. The molecular weight excluding hydrogens is 224 g/mol. The lowest BCUT2D eigenvalue weighted by Crippen LogP contribution is -2.29. The second-order valence-corrected chi connectivity index (χ2v) is 4.66. The average molecular weight is 238 g/mol. The van der Waals surface area contributed by atoms with Crippen LogP contribution in [0.5, 0.6) is 0 Å². The number of rotatable bonds is 4. The number of nitrogens with two attached hydrogens (primary N) is 1. The predicted molar refractivity (Wildman–Crippen MR) is 63.2 cm³/mol. The van der Waals surface area contributed by atoms with Crippen LogP contribution in [0.15, 0.2) is 17.8 Å². The molecule has 0 saturated heterocycles. The van der Waals surface area contributed by atoms with Crippen LogP contribution in [0.4, 0.5) is 0 Å². The number of imidazole rings is 1. The third-order valence-corrected chi connectivity index (χ3v) is 2.89. The first-order valence-electron chi connectivity index (χ1n) is 5.08. The quantitative estimate of drug-likeness (QED) is 0.825. The minimum atomic E-state index is -0.106. The standard InChI is InChI=1S/C10H14N4OS/c1-7(11)4-9(15)12-5-8-6-14-2-3-16-10(14)13-8/h2-3,6-7H,4-5,11H2,1H3,(H,12,15). The summed E-state index contributed by atoms with van der Waals surface area (Å²) in [6, 6.07) is -0.106.